The summed E-state index contributed by atoms with van der Waals surface area (Å²) < 4.78 is 9.96. The molecule has 0 aromatic heterocycles. The summed E-state index contributed by atoms with van der Waals surface area (Å²) in [5, 5.41) is 0. The van der Waals surface area contributed by atoms with Crippen molar-refractivity contribution in [2.75, 3.05) is 6.61 Å². The van der Waals surface area contributed by atoms with Crippen LogP contribution in [-0.4, -0.2) is 24.9 Å². The molecule has 0 spiro atoms. The van der Waals surface area contributed by atoms with Crippen molar-refractivity contribution in [2.45, 2.75) is 46.0 Å². The first-order valence-electron chi connectivity index (χ1n) is 4.38. The molecule has 11 heavy (non-hydrogen) atoms. The molecule has 2 aliphatic heterocycles. The quantitative estimate of drug-likeness (QED) is 0.502. The molecular formula is C9H18O2. The molecule has 0 bridgehead atoms. The molecule has 4 atom stereocenters. The fourth-order valence-corrected chi connectivity index (χ4v) is 0.774. The predicted molar refractivity (Wildman–Crippen MR) is 44.6 cm³/mol. The van der Waals surface area contributed by atoms with Gasteiger partial charge in [-0.2, -0.15) is 0 Å². The molecule has 2 saturated heterocycles. The number of hydrogen-bond donors (Lipinski definition) is 0. The van der Waals surface area contributed by atoms with E-state index in [1.807, 2.05) is 0 Å². The van der Waals surface area contributed by atoms with Gasteiger partial charge in [0.2, 0.25) is 0 Å². The second-order valence-electron chi connectivity index (χ2n) is 3.56. The van der Waals surface area contributed by atoms with E-state index in [9.17, 15) is 0 Å². The second-order valence-corrected chi connectivity index (χ2v) is 3.56. The van der Waals surface area contributed by atoms with Gasteiger partial charge in [-0.25, -0.2) is 0 Å². The summed E-state index contributed by atoms with van der Waals surface area (Å²) in [6, 6.07) is 0. The van der Waals surface area contributed by atoms with E-state index in [1.165, 1.54) is 0 Å². The molecule has 2 heteroatoms. The second kappa shape index (κ2) is 3.55. The van der Waals surface area contributed by atoms with Gasteiger partial charge in [0.25, 0.3) is 0 Å². The van der Waals surface area contributed by atoms with Crippen LogP contribution in [0.25, 0.3) is 0 Å². The van der Waals surface area contributed by atoms with E-state index in [-0.39, 0.29) is 0 Å². The zero-order valence-electron chi connectivity index (χ0n) is 7.83. The topological polar surface area (TPSA) is 21.8 Å². The Morgan fingerprint density at radius 2 is 1.27 bits per heavy atom. The van der Waals surface area contributed by atoms with Gasteiger partial charge in [0.05, 0.1) is 24.9 Å². The van der Waals surface area contributed by atoms with E-state index in [1.54, 1.807) is 0 Å². The summed E-state index contributed by atoms with van der Waals surface area (Å²) >= 11 is 0. The van der Waals surface area contributed by atoms with Crippen LogP contribution in [0.3, 0.4) is 0 Å². The molecule has 0 aromatic carbocycles. The Kier molecular flexibility index (Phi) is 2.90. The summed E-state index contributed by atoms with van der Waals surface area (Å²) in [4.78, 5) is 0. The van der Waals surface area contributed by atoms with Crippen LogP contribution in [0.4, 0.5) is 0 Å². The first kappa shape index (κ1) is 9.01. The lowest BCUT2D eigenvalue weighted by Crippen LogP contribution is -2.34. The maximum atomic E-state index is 5.04. The minimum absolute atomic E-state index is 0.532. The maximum Gasteiger partial charge on any atom is 0.0811 e. The average Bonchev–Trinajstić information content (AvgIpc) is 2.62. The van der Waals surface area contributed by atoms with Crippen LogP contribution in [0, 0.1) is 5.92 Å². The predicted octanol–water partition coefficient (Wildman–Crippen LogP) is 1.83. The summed E-state index contributed by atoms with van der Waals surface area (Å²) in [7, 11) is 0. The van der Waals surface area contributed by atoms with Crippen LogP contribution in [0.15, 0.2) is 0 Å². The van der Waals surface area contributed by atoms with Gasteiger partial charge in [0, 0.05) is 5.92 Å². The molecule has 2 heterocycles. The van der Waals surface area contributed by atoms with Crippen LogP contribution >= 0.6 is 0 Å². The van der Waals surface area contributed by atoms with Crippen LogP contribution in [0.2, 0.25) is 0 Å². The van der Waals surface area contributed by atoms with E-state index in [0.29, 0.717) is 18.3 Å². The third kappa shape index (κ3) is 2.80. The minimum atomic E-state index is 0.532. The fourth-order valence-electron chi connectivity index (χ4n) is 0.774. The number of epoxide rings is 1. The average molecular weight is 158 g/mol. The maximum absolute atomic E-state index is 5.04. The number of ether oxygens (including phenoxy) is 2. The Hall–Kier alpha value is -0.0800. The molecule has 66 valence electrons. The van der Waals surface area contributed by atoms with Gasteiger partial charge in [-0.05, 0) is 20.8 Å². The van der Waals surface area contributed by atoms with E-state index in [4.69, 9.17) is 9.47 Å². The summed E-state index contributed by atoms with van der Waals surface area (Å²) in [5.41, 5.74) is 0. The smallest absolute Gasteiger partial charge is 0.0811 e. The SMILES string of the molecule is CC1COC1C.CC1OC1C. The zero-order chi connectivity index (χ0) is 8.43. The Balaban J connectivity index is 0.000000112. The van der Waals surface area contributed by atoms with Crippen molar-refractivity contribution >= 4 is 0 Å². The molecule has 0 amide bonds. The molecule has 2 fully saturated rings. The summed E-state index contributed by atoms with van der Waals surface area (Å²) in [5.74, 6) is 0.810. The molecule has 0 aromatic rings. The zero-order valence-corrected chi connectivity index (χ0v) is 7.83. The van der Waals surface area contributed by atoms with Crippen LogP contribution < -0.4 is 0 Å². The third-order valence-electron chi connectivity index (χ3n) is 2.44. The lowest BCUT2D eigenvalue weighted by molar-refractivity contribution is -0.0937. The van der Waals surface area contributed by atoms with Gasteiger partial charge in [0.1, 0.15) is 0 Å². The van der Waals surface area contributed by atoms with Crippen LogP contribution in [0.5, 0.6) is 0 Å². The first-order valence-corrected chi connectivity index (χ1v) is 4.38. The van der Waals surface area contributed by atoms with Gasteiger partial charge in [-0.1, -0.05) is 6.92 Å². The van der Waals surface area contributed by atoms with Crippen LogP contribution in [-0.2, 0) is 9.47 Å². The lowest BCUT2D eigenvalue weighted by Gasteiger charge is -2.30. The molecule has 2 aliphatic rings. The lowest BCUT2D eigenvalue weighted by atomic mass is 10.0. The van der Waals surface area contributed by atoms with Gasteiger partial charge < -0.3 is 9.47 Å². The molecule has 4 unspecified atom stereocenters. The standard InChI is InChI=1S/C5H10O.C4H8O/c1-4-3-6-5(4)2;1-3-4(2)5-3/h4-5H,3H2,1-2H3;3-4H,1-2H3. The highest BCUT2D eigenvalue weighted by molar-refractivity contribution is 4.73. The first-order chi connectivity index (χ1) is 5.11. The number of rotatable bonds is 0. The fraction of sp³-hybridized carbons (Fsp3) is 1.00. The monoisotopic (exact) mass is 158 g/mol. The van der Waals surface area contributed by atoms with E-state index < -0.39 is 0 Å². The van der Waals surface area contributed by atoms with E-state index in [0.717, 1.165) is 12.5 Å². The minimum Gasteiger partial charge on any atom is -0.378 e. The highest BCUT2D eigenvalue weighted by Gasteiger charge is 2.27. The Morgan fingerprint density at radius 3 is 1.27 bits per heavy atom. The third-order valence-corrected chi connectivity index (χ3v) is 2.44. The van der Waals surface area contributed by atoms with Crippen molar-refractivity contribution in [3.05, 3.63) is 0 Å². The molecule has 0 saturated carbocycles. The largest absolute Gasteiger partial charge is 0.378 e. The van der Waals surface area contributed by atoms with Crippen molar-refractivity contribution in [2.24, 2.45) is 5.92 Å². The Morgan fingerprint density at radius 1 is 0.909 bits per heavy atom. The van der Waals surface area contributed by atoms with E-state index >= 15 is 0 Å². The van der Waals surface area contributed by atoms with Gasteiger partial charge in [0.15, 0.2) is 0 Å². The molecule has 0 radical (unpaired) electrons. The van der Waals surface area contributed by atoms with Gasteiger partial charge in [-0.15, -0.1) is 0 Å². The van der Waals surface area contributed by atoms with Crippen molar-refractivity contribution in [3.63, 3.8) is 0 Å². The van der Waals surface area contributed by atoms with Gasteiger partial charge >= 0.3 is 0 Å². The molecule has 2 nitrogen and oxygen atoms in total. The van der Waals surface area contributed by atoms with Gasteiger partial charge in [-0.3, -0.25) is 0 Å². The number of hydrogen-bond acceptors (Lipinski definition) is 2. The van der Waals surface area contributed by atoms with Crippen molar-refractivity contribution in [3.8, 4) is 0 Å². The Bertz CT molecular complexity index is 111. The summed E-state index contributed by atoms with van der Waals surface area (Å²) in [6.07, 6.45) is 1.63. The highest BCUT2D eigenvalue weighted by atomic mass is 16.6. The van der Waals surface area contributed by atoms with Crippen molar-refractivity contribution in [1.29, 1.82) is 0 Å². The van der Waals surface area contributed by atoms with Crippen molar-refractivity contribution < 1.29 is 9.47 Å². The Labute approximate surface area is 68.9 Å². The van der Waals surface area contributed by atoms with Crippen LogP contribution in [0.1, 0.15) is 27.7 Å². The summed E-state index contributed by atoms with van der Waals surface area (Å²) in [6.45, 7) is 9.43. The highest BCUT2D eigenvalue weighted by Crippen LogP contribution is 2.18. The molecule has 0 N–H and O–H groups in total. The molecule has 2 rings (SSSR count). The molecular weight excluding hydrogens is 140 g/mol. The normalized spacial score (nSPS) is 46.9. The van der Waals surface area contributed by atoms with Crippen molar-refractivity contribution in [1.82, 2.24) is 0 Å². The molecule has 0 aliphatic carbocycles. The van der Waals surface area contributed by atoms with E-state index in [2.05, 4.69) is 27.7 Å².